The number of halogens is 1. The molecule has 1 aliphatic rings. The minimum Gasteiger partial charge on any atom is -0.337 e. The lowest BCUT2D eigenvalue weighted by molar-refractivity contribution is -0.118. The highest BCUT2D eigenvalue weighted by Crippen LogP contribution is 2.31. The molecule has 150 valence electrons. The van der Waals surface area contributed by atoms with Gasteiger partial charge in [0.25, 0.3) is 0 Å². The van der Waals surface area contributed by atoms with Crippen LogP contribution in [0.4, 0.5) is 10.1 Å². The van der Waals surface area contributed by atoms with Gasteiger partial charge in [0, 0.05) is 11.3 Å². The topological polar surface area (TPSA) is 71.3 Å². The Morgan fingerprint density at radius 1 is 1.24 bits per heavy atom. The lowest BCUT2D eigenvalue weighted by atomic mass is 10.0. The summed E-state index contributed by atoms with van der Waals surface area (Å²) in [5.74, 6) is 0.540. The number of aromatic nitrogens is 2. The number of amides is 1. The Bertz CT molecular complexity index is 986. The normalized spacial score (nSPS) is 17.2. The second kappa shape index (κ2) is 8.53. The van der Waals surface area contributed by atoms with Crippen LogP contribution in [-0.2, 0) is 4.79 Å². The molecule has 1 amide bonds. The summed E-state index contributed by atoms with van der Waals surface area (Å²) in [4.78, 5) is 19.2. The van der Waals surface area contributed by atoms with Gasteiger partial charge in [-0.15, -0.1) is 0 Å². The molecule has 1 saturated heterocycles. The first-order chi connectivity index (χ1) is 14.1. The summed E-state index contributed by atoms with van der Waals surface area (Å²) < 4.78 is 18.6. The van der Waals surface area contributed by atoms with Crippen molar-refractivity contribution in [3.63, 3.8) is 0 Å². The van der Waals surface area contributed by atoms with Crippen LogP contribution in [0.25, 0.3) is 11.4 Å². The van der Waals surface area contributed by atoms with Crippen molar-refractivity contribution in [2.24, 2.45) is 0 Å². The molecule has 0 aliphatic carbocycles. The summed E-state index contributed by atoms with van der Waals surface area (Å²) in [7, 11) is 0. The van der Waals surface area contributed by atoms with Gasteiger partial charge in [-0.3, -0.25) is 9.69 Å². The number of nitrogens with one attached hydrogen (secondary N) is 1. The molecule has 1 fully saturated rings. The van der Waals surface area contributed by atoms with E-state index in [0.717, 1.165) is 37.1 Å². The van der Waals surface area contributed by atoms with Crippen molar-refractivity contribution in [3.8, 4) is 11.4 Å². The number of rotatable bonds is 5. The lowest BCUT2D eigenvalue weighted by Crippen LogP contribution is -2.39. The fourth-order valence-electron chi connectivity index (χ4n) is 3.65. The molecule has 0 bridgehead atoms. The van der Waals surface area contributed by atoms with Gasteiger partial charge >= 0.3 is 0 Å². The van der Waals surface area contributed by atoms with Crippen molar-refractivity contribution < 1.29 is 13.7 Å². The molecular weight excluding hydrogens is 371 g/mol. The molecule has 0 saturated carbocycles. The van der Waals surface area contributed by atoms with Crippen molar-refractivity contribution in [2.75, 3.05) is 18.4 Å². The van der Waals surface area contributed by atoms with Crippen molar-refractivity contribution in [1.29, 1.82) is 0 Å². The second-order valence-electron chi connectivity index (χ2n) is 7.36. The van der Waals surface area contributed by atoms with Crippen LogP contribution in [0, 0.1) is 12.7 Å². The van der Waals surface area contributed by atoms with E-state index in [1.54, 1.807) is 12.1 Å². The minimum absolute atomic E-state index is 0.0687. The zero-order valence-corrected chi connectivity index (χ0v) is 16.3. The number of piperidine rings is 1. The second-order valence-corrected chi connectivity index (χ2v) is 7.36. The number of nitrogens with zero attached hydrogens (tertiary/aromatic N) is 3. The molecule has 0 unspecified atom stereocenters. The fraction of sp³-hybridized carbons (Fsp3) is 0.318. The first-order valence-electron chi connectivity index (χ1n) is 9.78. The molecule has 1 N–H and O–H groups in total. The van der Waals surface area contributed by atoms with E-state index in [9.17, 15) is 9.18 Å². The Labute approximate surface area is 168 Å². The van der Waals surface area contributed by atoms with Gasteiger partial charge in [0.2, 0.25) is 17.6 Å². The largest absolute Gasteiger partial charge is 0.337 e. The maximum absolute atomic E-state index is 13.1. The smallest absolute Gasteiger partial charge is 0.244 e. The number of anilines is 1. The van der Waals surface area contributed by atoms with E-state index in [4.69, 9.17) is 4.52 Å². The Morgan fingerprint density at radius 2 is 2.07 bits per heavy atom. The zero-order chi connectivity index (χ0) is 20.2. The predicted molar refractivity (Wildman–Crippen MR) is 108 cm³/mol. The summed E-state index contributed by atoms with van der Waals surface area (Å²) in [6.07, 6.45) is 2.91. The maximum atomic E-state index is 13.1. The van der Waals surface area contributed by atoms with Gasteiger partial charge in [0.15, 0.2) is 0 Å². The predicted octanol–water partition coefficient (Wildman–Crippen LogP) is 4.35. The first-order valence-corrected chi connectivity index (χ1v) is 9.78. The first kappa shape index (κ1) is 19.3. The van der Waals surface area contributed by atoms with Gasteiger partial charge in [-0.2, -0.15) is 4.98 Å². The van der Waals surface area contributed by atoms with Crippen molar-refractivity contribution in [1.82, 2.24) is 15.0 Å². The van der Waals surface area contributed by atoms with Gasteiger partial charge < -0.3 is 9.84 Å². The number of carbonyl (C=O) groups excluding carboxylic acids is 1. The molecule has 1 aliphatic heterocycles. The molecular formula is C22H23FN4O2. The van der Waals surface area contributed by atoms with Crippen LogP contribution in [0.2, 0.25) is 0 Å². The molecule has 6 nitrogen and oxygen atoms in total. The summed E-state index contributed by atoms with van der Waals surface area (Å²) in [6.45, 7) is 3.04. The quantitative estimate of drug-likeness (QED) is 0.697. The summed E-state index contributed by atoms with van der Waals surface area (Å²) in [5, 5.41) is 7.00. The van der Waals surface area contributed by atoms with Crippen LogP contribution in [0.5, 0.6) is 0 Å². The van der Waals surface area contributed by atoms with Gasteiger partial charge in [0.05, 0.1) is 12.6 Å². The van der Waals surface area contributed by atoms with Crippen LogP contribution < -0.4 is 5.32 Å². The average molecular weight is 394 g/mol. The van der Waals surface area contributed by atoms with Crippen LogP contribution in [0.3, 0.4) is 0 Å². The summed E-state index contributed by atoms with van der Waals surface area (Å²) in [6, 6.07) is 13.6. The summed E-state index contributed by atoms with van der Waals surface area (Å²) >= 11 is 0. The third-order valence-electron chi connectivity index (χ3n) is 5.09. The monoisotopic (exact) mass is 394 g/mol. The van der Waals surface area contributed by atoms with E-state index in [0.29, 0.717) is 17.3 Å². The Balaban J connectivity index is 1.46. The minimum atomic E-state index is -0.310. The van der Waals surface area contributed by atoms with Gasteiger partial charge in [-0.05, 0) is 68.3 Å². The highest BCUT2D eigenvalue weighted by Gasteiger charge is 2.30. The Hall–Kier alpha value is -3.06. The Morgan fingerprint density at radius 3 is 2.86 bits per heavy atom. The van der Waals surface area contributed by atoms with Crippen LogP contribution in [0.1, 0.15) is 36.8 Å². The average Bonchev–Trinajstić information content (AvgIpc) is 3.19. The van der Waals surface area contributed by atoms with E-state index >= 15 is 0 Å². The lowest BCUT2D eigenvalue weighted by Gasteiger charge is -2.32. The Kier molecular flexibility index (Phi) is 5.67. The molecule has 2 heterocycles. The van der Waals surface area contributed by atoms with Crippen molar-refractivity contribution in [3.05, 3.63) is 65.8 Å². The van der Waals surface area contributed by atoms with E-state index in [-0.39, 0.29) is 24.3 Å². The van der Waals surface area contributed by atoms with Crippen molar-refractivity contribution in [2.45, 2.75) is 32.2 Å². The van der Waals surface area contributed by atoms with Gasteiger partial charge in [0.1, 0.15) is 5.82 Å². The molecule has 0 radical (unpaired) electrons. The zero-order valence-electron chi connectivity index (χ0n) is 16.3. The number of benzene rings is 2. The molecule has 1 atom stereocenters. The number of hydrogen-bond acceptors (Lipinski definition) is 5. The van der Waals surface area contributed by atoms with E-state index in [1.165, 1.54) is 12.1 Å². The van der Waals surface area contributed by atoms with Crippen molar-refractivity contribution >= 4 is 11.6 Å². The molecule has 4 rings (SSSR count). The van der Waals surface area contributed by atoms with E-state index in [1.807, 2.05) is 31.2 Å². The van der Waals surface area contributed by atoms with Crippen LogP contribution >= 0.6 is 0 Å². The van der Waals surface area contributed by atoms with Crippen LogP contribution in [0.15, 0.2) is 53.1 Å². The third-order valence-corrected chi connectivity index (χ3v) is 5.09. The molecule has 2 aromatic carbocycles. The molecule has 29 heavy (non-hydrogen) atoms. The highest BCUT2D eigenvalue weighted by atomic mass is 19.1. The SMILES string of the molecule is Cc1cccc(NC(=O)CN2CCCC[C@@H]2c2nc(-c3ccc(F)cc3)no2)c1. The van der Waals surface area contributed by atoms with Crippen LogP contribution in [-0.4, -0.2) is 34.0 Å². The van der Waals surface area contributed by atoms with Gasteiger partial charge in [-0.25, -0.2) is 4.39 Å². The highest BCUT2D eigenvalue weighted by molar-refractivity contribution is 5.92. The maximum Gasteiger partial charge on any atom is 0.244 e. The molecule has 7 heteroatoms. The number of carbonyl (C=O) groups is 1. The number of hydrogen-bond donors (Lipinski definition) is 1. The summed E-state index contributed by atoms with van der Waals surface area (Å²) in [5.41, 5.74) is 2.58. The van der Waals surface area contributed by atoms with E-state index < -0.39 is 0 Å². The number of aryl methyl sites for hydroxylation is 1. The number of likely N-dealkylation sites (tertiary alicyclic amines) is 1. The third kappa shape index (κ3) is 4.68. The fourth-order valence-corrected chi connectivity index (χ4v) is 3.65. The molecule has 0 spiro atoms. The molecule has 1 aromatic heterocycles. The standard InChI is InChI=1S/C22H23FN4O2/c1-15-5-4-6-18(13-15)24-20(28)14-27-12-3-2-7-19(27)22-25-21(26-29-22)16-8-10-17(23)11-9-16/h4-6,8-11,13,19H,2-3,7,12,14H2,1H3,(H,24,28)/t19-/m1/s1. The van der Waals surface area contributed by atoms with E-state index in [2.05, 4.69) is 20.4 Å². The molecule has 3 aromatic rings. The van der Waals surface area contributed by atoms with Gasteiger partial charge in [-0.1, -0.05) is 23.7 Å².